The molecule has 2 aromatic carbocycles. The first-order chi connectivity index (χ1) is 9.75. The summed E-state index contributed by atoms with van der Waals surface area (Å²) in [6.07, 6.45) is 1.53. The van der Waals surface area contributed by atoms with Gasteiger partial charge < -0.3 is 5.32 Å². The monoisotopic (exact) mass is 280 g/mol. The van der Waals surface area contributed by atoms with Gasteiger partial charge >= 0.3 is 0 Å². The first-order valence-electron chi connectivity index (χ1n) is 6.23. The minimum atomic E-state index is -0.125. The molecule has 1 N–H and O–H groups in total. The van der Waals surface area contributed by atoms with E-state index in [1.165, 1.54) is 11.0 Å². The van der Waals surface area contributed by atoms with E-state index in [-0.39, 0.29) is 5.91 Å². The molecule has 2 aromatic rings. The maximum atomic E-state index is 12.1. The van der Waals surface area contributed by atoms with E-state index >= 15 is 0 Å². The molecule has 0 atom stereocenters. The summed E-state index contributed by atoms with van der Waals surface area (Å²) >= 11 is 5.39. The Morgan fingerprint density at radius 1 is 0.900 bits per heavy atom. The van der Waals surface area contributed by atoms with Gasteiger partial charge in [0.25, 0.3) is 5.91 Å². The van der Waals surface area contributed by atoms with Crippen molar-refractivity contribution in [2.24, 2.45) is 0 Å². The third-order valence-electron chi connectivity index (χ3n) is 2.99. The minimum absolute atomic E-state index is 0.125. The molecular weight excluding hydrogens is 268 g/mol. The number of nitrogens with zero attached hydrogens (tertiary/aromatic N) is 1. The van der Waals surface area contributed by atoms with Crippen molar-refractivity contribution >= 4 is 34.5 Å². The van der Waals surface area contributed by atoms with Crippen LogP contribution in [0, 0.1) is 0 Å². The largest absolute Gasteiger partial charge is 0.353 e. The van der Waals surface area contributed by atoms with Crippen LogP contribution in [0.25, 0.3) is 0 Å². The van der Waals surface area contributed by atoms with Crippen molar-refractivity contribution in [2.75, 3.05) is 10.2 Å². The topological polar surface area (TPSA) is 32.3 Å². The van der Waals surface area contributed by atoms with Crippen LogP contribution in [0.2, 0.25) is 0 Å². The highest BCUT2D eigenvalue weighted by Crippen LogP contribution is 2.24. The normalized spacial score (nSPS) is 14.4. The number of hydrogen-bond donors (Lipinski definition) is 1. The van der Waals surface area contributed by atoms with E-state index in [0.717, 1.165) is 11.4 Å². The summed E-state index contributed by atoms with van der Waals surface area (Å²) in [6.45, 7) is 0. The van der Waals surface area contributed by atoms with E-state index in [4.69, 9.17) is 12.2 Å². The molecule has 0 aliphatic carbocycles. The van der Waals surface area contributed by atoms with Gasteiger partial charge in [0.15, 0.2) is 0 Å². The zero-order valence-corrected chi connectivity index (χ0v) is 11.4. The Labute approximate surface area is 122 Å². The SMILES string of the molecule is O=C1C=C(Nc2ccccc2)C(=S)N1c1ccccc1. The van der Waals surface area contributed by atoms with Gasteiger partial charge in [-0.2, -0.15) is 0 Å². The quantitative estimate of drug-likeness (QED) is 0.875. The maximum Gasteiger partial charge on any atom is 0.258 e. The molecule has 20 heavy (non-hydrogen) atoms. The van der Waals surface area contributed by atoms with Crippen LogP contribution in [-0.4, -0.2) is 10.9 Å². The first kappa shape index (κ1) is 12.6. The molecule has 0 radical (unpaired) electrons. The van der Waals surface area contributed by atoms with E-state index in [0.29, 0.717) is 10.7 Å². The third kappa shape index (κ3) is 2.33. The van der Waals surface area contributed by atoms with Crippen molar-refractivity contribution in [3.05, 3.63) is 72.4 Å². The van der Waals surface area contributed by atoms with Gasteiger partial charge in [-0.05, 0) is 24.3 Å². The van der Waals surface area contributed by atoms with Gasteiger partial charge in [-0.25, -0.2) is 0 Å². The Morgan fingerprint density at radius 3 is 2.15 bits per heavy atom. The second kappa shape index (κ2) is 5.27. The van der Waals surface area contributed by atoms with Crippen LogP contribution in [0.4, 0.5) is 11.4 Å². The summed E-state index contributed by atoms with van der Waals surface area (Å²) in [5.41, 5.74) is 2.34. The number of hydrogen-bond acceptors (Lipinski definition) is 3. The smallest absolute Gasteiger partial charge is 0.258 e. The highest BCUT2D eigenvalue weighted by molar-refractivity contribution is 7.81. The zero-order valence-electron chi connectivity index (χ0n) is 10.6. The van der Waals surface area contributed by atoms with Gasteiger partial charge in [0, 0.05) is 11.8 Å². The van der Waals surface area contributed by atoms with E-state index in [1.54, 1.807) is 0 Å². The number of carbonyl (C=O) groups excluding carboxylic acids is 1. The lowest BCUT2D eigenvalue weighted by Gasteiger charge is -2.17. The molecule has 1 amide bonds. The number of carbonyl (C=O) groups is 1. The second-order valence-electron chi connectivity index (χ2n) is 4.36. The average molecular weight is 280 g/mol. The molecule has 0 fully saturated rings. The third-order valence-corrected chi connectivity index (χ3v) is 3.39. The summed E-state index contributed by atoms with van der Waals surface area (Å²) in [7, 11) is 0. The number of amides is 1. The molecule has 0 unspecified atom stereocenters. The predicted molar refractivity (Wildman–Crippen MR) is 84.7 cm³/mol. The van der Waals surface area contributed by atoms with Crippen molar-refractivity contribution in [3.63, 3.8) is 0 Å². The van der Waals surface area contributed by atoms with E-state index in [9.17, 15) is 4.79 Å². The van der Waals surface area contributed by atoms with Gasteiger partial charge in [-0.15, -0.1) is 0 Å². The van der Waals surface area contributed by atoms with Gasteiger partial charge in [0.2, 0.25) is 0 Å². The fourth-order valence-corrected chi connectivity index (χ4v) is 2.36. The summed E-state index contributed by atoms with van der Waals surface area (Å²) < 4.78 is 0. The molecule has 0 saturated carbocycles. The Bertz CT molecular complexity index is 680. The van der Waals surface area contributed by atoms with E-state index in [1.807, 2.05) is 60.7 Å². The number of para-hydroxylation sites is 2. The van der Waals surface area contributed by atoms with Crippen LogP contribution in [-0.2, 0) is 4.79 Å². The zero-order chi connectivity index (χ0) is 13.9. The van der Waals surface area contributed by atoms with Crippen LogP contribution in [0.5, 0.6) is 0 Å². The molecule has 0 bridgehead atoms. The molecule has 98 valence electrons. The molecule has 4 heteroatoms. The van der Waals surface area contributed by atoms with Gasteiger partial charge in [-0.1, -0.05) is 48.6 Å². The number of thiocarbonyl (C=S) groups is 1. The van der Waals surface area contributed by atoms with E-state index < -0.39 is 0 Å². The number of rotatable bonds is 3. The molecule has 3 rings (SSSR count). The molecule has 0 spiro atoms. The summed E-state index contributed by atoms with van der Waals surface area (Å²) in [5.74, 6) is -0.125. The first-order valence-corrected chi connectivity index (χ1v) is 6.64. The standard InChI is InChI=1S/C16H12N2OS/c19-15-11-14(17-12-7-3-1-4-8-12)16(20)18(15)13-9-5-2-6-10-13/h1-11,17H. The molecule has 0 aromatic heterocycles. The minimum Gasteiger partial charge on any atom is -0.353 e. The van der Waals surface area contributed by atoms with Crippen LogP contribution in [0.15, 0.2) is 72.4 Å². The molecule has 1 aliphatic heterocycles. The number of benzene rings is 2. The number of anilines is 2. The summed E-state index contributed by atoms with van der Waals surface area (Å²) in [6, 6.07) is 19.1. The molecular formula is C16H12N2OS. The van der Waals surface area contributed by atoms with Crippen molar-refractivity contribution in [2.45, 2.75) is 0 Å². The van der Waals surface area contributed by atoms with Gasteiger partial charge in [0.1, 0.15) is 4.99 Å². The second-order valence-corrected chi connectivity index (χ2v) is 4.75. The lowest BCUT2D eigenvalue weighted by atomic mass is 10.3. The number of nitrogens with one attached hydrogen (secondary N) is 1. The van der Waals surface area contributed by atoms with E-state index in [2.05, 4.69) is 5.32 Å². The Kier molecular flexibility index (Phi) is 3.31. The van der Waals surface area contributed by atoms with Crippen LogP contribution < -0.4 is 10.2 Å². The van der Waals surface area contributed by atoms with Crippen molar-refractivity contribution in [3.8, 4) is 0 Å². The summed E-state index contributed by atoms with van der Waals surface area (Å²) in [4.78, 5) is 14.1. The highest BCUT2D eigenvalue weighted by Gasteiger charge is 2.28. The fraction of sp³-hybridized carbons (Fsp3) is 0. The Balaban J connectivity index is 1.84. The van der Waals surface area contributed by atoms with Crippen LogP contribution in [0.3, 0.4) is 0 Å². The van der Waals surface area contributed by atoms with Crippen molar-refractivity contribution in [1.82, 2.24) is 0 Å². The molecule has 3 nitrogen and oxygen atoms in total. The lowest BCUT2D eigenvalue weighted by molar-refractivity contribution is -0.113. The van der Waals surface area contributed by atoms with Gasteiger partial charge in [-0.3, -0.25) is 9.69 Å². The molecule has 1 heterocycles. The average Bonchev–Trinajstić information content (AvgIpc) is 2.75. The van der Waals surface area contributed by atoms with Crippen molar-refractivity contribution < 1.29 is 4.79 Å². The highest BCUT2D eigenvalue weighted by atomic mass is 32.1. The van der Waals surface area contributed by atoms with Crippen molar-refractivity contribution in [1.29, 1.82) is 0 Å². The lowest BCUT2D eigenvalue weighted by Crippen LogP contribution is -2.30. The summed E-state index contributed by atoms with van der Waals surface area (Å²) in [5, 5.41) is 3.18. The van der Waals surface area contributed by atoms with Crippen LogP contribution in [0.1, 0.15) is 0 Å². The van der Waals surface area contributed by atoms with Gasteiger partial charge in [0.05, 0.1) is 11.4 Å². The maximum absolute atomic E-state index is 12.1. The Hall–Kier alpha value is -2.46. The fourth-order valence-electron chi connectivity index (χ4n) is 2.06. The molecule has 0 saturated heterocycles. The van der Waals surface area contributed by atoms with Crippen LogP contribution >= 0.6 is 12.2 Å². The Morgan fingerprint density at radius 2 is 1.50 bits per heavy atom. The molecule has 1 aliphatic rings. The predicted octanol–water partition coefficient (Wildman–Crippen LogP) is 3.36.